The lowest BCUT2D eigenvalue weighted by Gasteiger charge is -2.24. The predicted octanol–water partition coefficient (Wildman–Crippen LogP) is 2.17. The van der Waals surface area contributed by atoms with Crippen molar-refractivity contribution in [2.45, 2.75) is 60.4 Å². The van der Waals surface area contributed by atoms with Crippen LogP contribution in [0.15, 0.2) is 0 Å². The van der Waals surface area contributed by atoms with E-state index in [1.54, 1.807) is 20.8 Å². The lowest BCUT2D eigenvalue weighted by Crippen LogP contribution is -2.38. The molecule has 0 rings (SSSR count). The van der Waals surface area contributed by atoms with Crippen molar-refractivity contribution in [3.63, 3.8) is 0 Å². The molecule has 0 aromatic heterocycles. The smallest absolute Gasteiger partial charge is 0.360 e. The zero-order valence-corrected chi connectivity index (χ0v) is 12.9. The van der Waals surface area contributed by atoms with Crippen molar-refractivity contribution in [2.75, 3.05) is 19.8 Å². The molecule has 3 atom stereocenters. The molecule has 0 spiro atoms. The summed E-state index contributed by atoms with van der Waals surface area (Å²) in [6.45, 7) is 12.7. The highest BCUT2D eigenvalue weighted by Crippen LogP contribution is 2.08. The Morgan fingerprint density at radius 2 is 0.895 bits per heavy atom. The summed E-state index contributed by atoms with van der Waals surface area (Å²) in [5, 5.41) is 0. The molecule has 0 aliphatic carbocycles. The second kappa shape index (κ2) is 11.6. The highest BCUT2D eigenvalue weighted by Gasteiger charge is 2.29. The Hall–Kier alpha value is -0.175. The third-order valence-electron chi connectivity index (χ3n) is 2.11. The zero-order chi connectivity index (χ0) is 14.7. The molecule has 7 heteroatoms. The number of rotatable bonds is 12. The molecule has 114 valence electrons. The summed E-state index contributed by atoms with van der Waals surface area (Å²) < 4.78 is 32.4. The number of ether oxygens (including phenoxy) is 3. The molecule has 0 saturated carbocycles. The Kier molecular flexibility index (Phi) is 11.5. The van der Waals surface area contributed by atoms with Crippen LogP contribution in [0.5, 0.6) is 0 Å². The van der Waals surface area contributed by atoms with E-state index in [-0.39, 0.29) is 0 Å². The summed E-state index contributed by atoms with van der Waals surface area (Å²) in [5.41, 5.74) is 0. The minimum atomic E-state index is -0.898. The third-order valence-corrected chi connectivity index (χ3v) is 2.11. The monoisotopic (exact) mass is 278 g/mol. The Labute approximate surface area is 116 Å². The Bertz CT molecular complexity index is 173. The Morgan fingerprint density at radius 1 is 0.632 bits per heavy atom. The van der Waals surface area contributed by atoms with Crippen LogP contribution >= 0.6 is 0 Å². The van der Waals surface area contributed by atoms with Crippen LogP contribution in [0.4, 0.5) is 0 Å². The Balaban J connectivity index is 4.28. The van der Waals surface area contributed by atoms with Crippen LogP contribution < -0.4 is 0 Å². The van der Waals surface area contributed by atoms with E-state index in [1.165, 1.54) is 0 Å². The molecule has 6 nitrogen and oxygen atoms in total. The second-order valence-corrected chi connectivity index (χ2v) is 3.77. The van der Waals surface area contributed by atoms with Crippen LogP contribution in [0.2, 0.25) is 0 Å². The van der Waals surface area contributed by atoms with Gasteiger partial charge in [0.05, 0.1) is 0 Å². The lowest BCUT2D eigenvalue weighted by atomic mass is 10.2. The first-order chi connectivity index (χ1) is 9.03. The SMILES string of the molecule is CCOC(C)OB(OC(C)OCC)OC(C)OCC. The fraction of sp³-hybridized carbons (Fsp3) is 1.00. The Morgan fingerprint density at radius 3 is 1.11 bits per heavy atom. The molecule has 0 N–H and O–H groups in total. The maximum absolute atomic E-state index is 5.50. The molecule has 0 radical (unpaired) electrons. The van der Waals surface area contributed by atoms with Crippen molar-refractivity contribution in [2.24, 2.45) is 0 Å². The third kappa shape index (κ3) is 10.3. The van der Waals surface area contributed by atoms with Crippen molar-refractivity contribution < 1.29 is 28.2 Å². The van der Waals surface area contributed by atoms with Gasteiger partial charge in [-0.3, -0.25) is 0 Å². The van der Waals surface area contributed by atoms with E-state index in [2.05, 4.69) is 0 Å². The molecule has 3 unspecified atom stereocenters. The first-order valence-corrected chi connectivity index (χ1v) is 6.84. The summed E-state index contributed by atoms with van der Waals surface area (Å²) in [6, 6.07) is 0. The quantitative estimate of drug-likeness (QED) is 0.403. The van der Waals surface area contributed by atoms with Gasteiger partial charge in [-0.1, -0.05) is 0 Å². The van der Waals surface area contributed by atoms with Crippen molar-refractivity contribution in [1.82, 2.24) is 0 Å². The molecule has 0 fully saturated rings. The van der Waals surface area contributed by atoms with Gasteiger partial charge >= 0.3 is 7.32 Å². The minimum absolute atomic E-state index is 0.433. The van der Waals surface area contributed by atoms with Crippen LogP contribution in [0.3, 0.4) is 0 Å². The van der Waals surface area contributed by atoms with Crippen LogP contribution in [0.1, 0.15) is 41.5 Å². The highest BCUT2D eigenvalue weighted by molar-refractivity contribution is 6.36. The standard InChI is InChI=1S/C12H27BO6/c1-7-14-10(4)17-13(18-11(5)15-8-2)19-12(6)16-9-3/h10-12H,7-9H2,1-6H3. The van der Waals surface area contributed by atoms with Gasteiger partial charge in [-0.05, 0) is 41.5 Å². The summed E-state index contributed by atoms with van der Waals surface area (Å²) in [6.07, 6.45) is -1.30. The molecule has 0 aromatic rings. The molecule has 0 aliphatic heterocycles. The van der Waals surface area contributed by atoms with E-state index in [1.807, 2.05) is 20.8 Å². The molecule has 0 aliphatic rings. The van der Waals surface area contributed by atoms with Crippen molar-refractivity contribution >= 4 is 7.32 Å². The van der Waals surface area contributed by atoms with Gasteiger partial charge in [0.15, 0.2) is 0 Å². The van der Waals surface area contributed by atoms with E-state index < -0.39 is 26.2 Å². The van der Waals surface area contributed by atoms with Crippen LogP contribution in [0, 0.1) is 0 Å². The summed E-state index contributed by atoms with van der Waals surface area (Å²) in [7, 11) is -0.898. The molecule has 0 aromatic carbocycles. The van der Waals surface area contributed by atoms with Gasteiger partial charge in [-0.15, -0.1) is 0 Å². The maximum atomic E-state index is 5.50. The van der Waals surface area contributed by atoms with Crippen LogP contribution in [0.25, 0.3) is 0 Å². The van der Waals surface area contributed by atoms with Crippen molar-refractivity contribution in [1.29, 1.82) is 0 Å². The molecule has 19 heavy (non-hydrogen) atoms. The molecular formula is C12H27BO6. The fourth-order valence-corrected chi connectivity index (χ4v) is 1.39. The molecule has 0 saturated heterocycles. The van der Waals surface area contributed by atoms with Gasteiger partial charge < -0.3 is 28.2 Å². The normalized spacial score (nSPS) is 16.1. The van der Waals surface area contributed by atoms with Gasteiger partial charge in [-0.2, -0.15) is 0 Å². The summed E-state index contributed by atoms with van der Waals surface area (Å²) >= 11 is 0. The predicted molar refractivity (Wildman–Crippen MR) is 72.3 cm³/mol. The van der Waals surface area contributed by atoms with E-state index in [0.717, 1.165) is 0 Å². The van der Waals surface area contributed by atoms with Gasteiger partial charge in [-0.25, -0.2) is 0 Å². The highest BCUT2D eigenvalue weighted by atomic mass is 16.8. The topological polar surface area (TPSA) is 55.4 Å². The maximum Gasteiger partial charge on any atom is 0.645 e. The van der Waals surface area contributed by atoms with E-state index in [0.29, 0.717) is 19.8 Å². The van der Waals surface area contributed by atoms with Gasteiger partial charge in [0.1, 0.15) is 18.9 Å². The molecular weight excluding hydrogens is 251 g/mol. The van der Waals surface area contributed by atoms with E-state index in [9.17, 15) is 0 Å². The molecule has 0 bridgehead atoms. The largest absolute Gasteiger partial charge is 0.645 e. The van der Waals surface area contributed by atoms with E-state index >= 15 is 0 Å². The zero-order valence-electron chi connectivity index (χ0n) is 12.9. The van der Waals surface area contributed by atoms with Gasteiger partial charge in [0, 0.05) is 19.8 Å². The average Bonchev–Trinajstić information content (AvgIpc) is 2.29. The molecule has 0 amide bonds. The minimum Gasteiger partial charge on any atom is -0.360 e. The van der Waals surface area contributed by atoms with Crippen LogP contribution in [-0.2, 0) is 28.2 Å². The number of hydrogen-bond acceptors (Lipinski definition) is 6. The summed E-state index contributed by atoms with van der Waals surface area (Å²) in [5.74, 6) is 0. The second-order valence-electron chi connectivity index (χ2n) is 3.77. The van der Waals surface area contributed by atoms with Crippen molar-refractivity contribution in [3.8, 4) is 0 Å². The van der Waals surface area contributed by atoms with Crippen molar-refractivity contribution in [3.05, 3.63) is 0 Å². The van der Waals surface area contributed by atoms with Gasteiger partial charge in [0.2, 0.25) is 0 Å². The van der Waals surface area contributed by atoms with E-state index in [4.69, 9.17) is 28.2 Å². The average molecular weight is 278 g/mol. The first kappa shape index (κ1) is 18.8. The molecule has 0 heterocycles. The summed E-state index contributed by atoms with van der Waals surface area (Å²) in [4.78, 5) is 0. The lowest BCUT2D eigenvalue weighted by molar-refractivity contribution is -0.161. The van der Waals surface area contributed by atoms with Crippen LogP contribution in [-0.4, -0.2) is 46.0 Å². The van der Waals surface area contributed by atoms with Gasteiger partial charge in [0.25, 0.3) is 0 Å². The number of hydrogen-bond donors (Lipinski definition) is 0. The first-order valence-electron chi connectivity index (χ1n) is 6.84. The fourth-order valence-electron chi connectivity index (χ4n) is 1.39.